The zero-order valence-electron chi connectivity index (χ0n) is 13.1. The summed E-state index contributed by atoms with van der Waals surface area (Å²) in [5, 5.41) is -0.0525. The monoisotopic (exact) mass is 359 g/mol. The molecule has 0 N–H and O–H groups in total. The fourth-order valence-electron chi connectivity index (χ4n) is 2.64. The lowest BCUT2D eigenvalue weighted by Crippen LogP contribution is -2.16. The van der Waals surface area contributed by atoms with Crippen LogP contribution in [0.5, 0.6) is 0 Å². The molecule has 2 aromatic rings. The molecule has 0 heterocycles. The van der Waals surface area contributed by atoms with Gasteiger partial charge in [-0.25, -0.2) is 0 Å². The van der Waals surface area contributed by atoms with Gasteiger partial charge in [-0.15, -0.1) is 0 Å². The van der Waals surface area contributed by atoms with Gasteiger partial charge < -0.3 is 0 Å². The van der Waals surface area contributed by atoms with Crippen molar-refractivity contribution >= 4 is 33.1 Å². The summed E-state index contributed by atoms with van der Waals surface area (Å²) in [6.45, 7) is 3.61. The van der Waals surface area contributed by atoms with E-state index in [4.69, 9.17) is 11.6 Å². The van der Waals surface area contributed by atoms with E-state index in [2.05, 4.69) is 4.40 Å². The zero-order chi connectivity index (χ0) is 17.5. The number of fused-ring (bicyclic) bond motifs is 1. The van der Waals surface area contributed by atoms with E-state index < -0.39 is 10.0 Å². The van der Waals surface area contributed by atoms with Crippen molar-refractivity contribution in [1.82, 2.24) is 0 Å². The van der Waals surface area contributed by atoms with Crippen LogP contribution in [-0.2, 0) is 10.0 Å². The highest BCUT2D eigenvalue weighted by molar-refractivity contribution is 7.90. The highest BCUT2D eigenvalue weighted by atomic mass is 35.5. The van der Waals surface area contributed by atoms with E-state index in [0.29, 0.717) is 16.7 Å². The van der Waals surface area contributed by atoms with Crippen LogP contribution < -0.4 is 0 Å². The van der Waals surface area contributed by atoms with Gasteiger partial charge in [-0.05, 0) is 31.6 Å². The van der Waals surface area contributed by atoms with Gasteiger partial charge in [-0.2, -0.15) is 12.8 Å². The Hall–Kier alpha value is -2.24. The first-order valence-electron chi connectivity index (χ1n) is 7.23. The second-order valence-corrected chi connectivity index (χ2v) is 7.57. The van der Waals surface area contributed by atoms with Gasteiger partial charge in [0.05, 0.1) is 15.6 Å². The molecule has 1 aliphatic rings. The third-order valence-corrected chi connectivity index (χ3v) is 5.49. The quantitative estimate of drug-likeness (QED) is 0.819. The van der Waals surface area contributed by atoms with Crippen LogP contribution in [0.15, 0.2) is 62.9 Å². The molecule has 0 spiro atoms. The van der Waals surface area contributed by atoms with Crippen molar-refractivity contribution in [3.63, 3.8) is 0 Å². The molecule has 3 rings (SSSR count). The molecular weight excluding hydrogens is 346 g/mol. The van der Waals surface area contributed by atoms with Crippen LogP contribution in [0.2, 0.25) is 0 Å². The Kier molecular flexibility index (Phi) is 4.15. The third-order valence-electron chi connectivity index (χ3n) is 3.75. The van der Waals surface area contributed by atoms with Crippen molar-refractivity contribution in [2.24, 2.45) is 4.40 Å². The second kappa shape index (κ2) is 6.00. The van der Waals surface area contributed by atoms with Crippen LogP contribution in [0.3, 0.4) is 0 Å². The topological polar surface area (TPSA) is 63.6 Å². The minimum Gasteiger partial charge on any atom is -0.288 e. The number of Topliss-reactive ketones (excluding diaryl/α,β-unsaturated/α-hetero) is 1. The molecule has 0 unspecified atom stereocenters. The summed E-state index contributed by atoms with van der Waals surface area (Å²) in [4.78, 5) is 12.2. The predicted molar refractivity (Wildman–Crippen MR) is 94.3 cm³/mol. The SMILES string of the molecule is Cc1ccc(S(=O)(=O)/N=C2\C=C(Cl)C(=O)c3ccccc32)c(C)c1. The number of carbonyl (C=O) groups is 1. The molecule has 0 atom stereocenters. The summed E-state index contributed by atoms with van der Waals surface area (Å²) in [6.07, 6.45) is 1.30. The maximum atomic E-state index is 12.7. The van der Waals surface area contributed by atoms with Crippen molar-refractivity contribution in [2.75, 3.05) is 0 Å². The molecule has 0 saturated carbocycles. The Morgan fingerprint density at radius 2 is 1.67 bits per heavy atom. The number of benzene rings is 2. The fourth-order valence-corrected chi connectivity index (χ4v) is 4.06. The van der Waals surface area contributed by atoms with E-state index >= 15 is 0 Å². The van der Waals surface area contributed by atoms with Gasteiger partial charge in [0.1, 0.15) is 0 Å². The number of hydrogen-bond donors (Lipinski definition) is 0. The molecule has 2 aromatic carbocycles. The molecular formula is C18H14ClNO3S. The minimum absolute atomic E-state index is 0.0525. The van der Waals surface area contributed by atoms with E-state index in [1.807, 2.05) is 6.92 Å². The summed E-state index contributed by atoms with van der Waals surface area (Å²) < 4.78 is 29.3. The molecule has 24 heavy (non-hydrogen) atoms. The smallest absolute Gasteiger partial charge is 0.283 e. The summed E-state index contributed by atoms with van der Waals surface area (Å²) in [7, 11) is -3.92. The molecule has 0 amide bonds. The summed E-state index contributed by atoms with van der Waals surface area (Å²) in [5.41, 5.74) is 2.56. The second-order valence-electron chi connectivity index (χ2n) is 5.59. The van der Waals surface area contributed by atoms with E-state index in [0.717, 1.165) is 5.56 Å². The van der Waals surface area contributed by atoms with E-state index in [-0.39, 0.29) is 21.4 Å². The maximum absolute atomic E-state index is 12.7. The van der Waals surface area contributed by atoms with Crippen molar-refractivity contribution in [2.45, 2.75) is 18.7 Å². The maximum Gasteiger partial charge on any atom is 0.283 e. The van der Waals surface area contributed by atoms with E-state index in [1.165, 1.54) is 12.1 Å². The number of ketones is 1. The Morgan fingerprint density at radius 3 is 2.33 bits per heavy atom. The van der Waals surface area contributed by atoms with Crippen LogP contribution >= 0.6 is 11.6 Å². The molecule has 0 radical (unpaired) electrons. The van der Waals surface area contributed by atoms with Crippen LogP contribution in [0.1, 0.15) is 27.0 Å². The molecule has 0 saturated heterocycles. The molecule has 6 heteroatoms. The van der Waals surface area contributed by atoms with Gasteiger partial charge in [0.2, 0.25) is 5.78 Å². The lowest BCUT2D eigenvalue weighted by atomic mass is 9.94. The Bertz CT molecular complexity index is 1020. The Balaban J connectivity index is 2.18. The van der Waals surface area contributed by atoms with Gasteiger partial charge in [0.25, 0.3) is 10.0 Å². The largest absolute Gasteiger partial charge is 0.288 e. The lowest BCUT2D eigenvalue weighted by Gasteiger charge is -2.14. The summed E-state index contributed by atoms with van der Waals surface area (Å²) in [6, 6.07) is 11.7. The van der Waals surface area contributed by atoms with Gasteiger partial charge in [0.15, 0.2) is 0 Å². The molecule has 0 aromatic heterocycles. The predicted octanol–water partition coefficient (Wildman–Crippen LogP) is 3.80. The number of sulfonamides is 1. The normalized spacial score (nSPS) is 16.0. The fraction of sp³-hybridized carbons (Fsp3) is 0.111. The van der Waals surface area contributed by atoms with Gasteiger partial charge >= 0.3 is 0 Å². The first-order valence-corrected chi connectivity index (χ1v) is 9.05. The minimum atomic E-state index is -3.92. The van der Waals surface area contributed by atoms with E-state index in [9.17, 15) is 13.2 Å². The van der Waals surface area contributed by atoms with Crippen molar-refractivity contribution in [3.8, 4) is 0 Å². The standard InChI is InChI=1S/C18H14ClNO3S/c1-11-7-8-17(12(2)9-11)24(22,23)20-16-10-15(19)18(21)14-6-4-3-5-13(14)16/h3-10H,1-2H3/b20-16+. The van der Waals surface area contributed by atoms with Crippen LogP contribution in [0.4, 0.5) is 0 Å². The number of allylic oxidation sites excluding steroid dienone is 2. The van der Waals surface area contributed by atoms with Crippen molar-refractivity contribution in [3.05, 3.63) is 75.8 Å². The average molecular weight is 360 g/mol. The Labute approximate surface area is 145 Å². The molecule has 122 valence electrons. The first-order chi connectivity index (χ1) is 11.3. The third kappa shape index (κ3) is 2.92. The zero-order valence-corrected chi connectivity index (χ0v) is 14.6. The highest BCUT2D eigenvalue weighted by Crippen LogP contribution is 2.26. The average Bonchev–Trinajstić information content (AvgIpc) is 2.51. The number of halogens is 1. The molecule has 0 bridgehead atoms. The van der Waals surface area contributed by atoms with Crippen LogP contribution in [-0.4, -0.2) is 19.9 Å². The lowest BCUT2D eigenvalue weighted by molar-refractivity contribution is 0.104. The number of carbonyl (C=O) groups excluding carboxylic acids is 1. The van der Waals surface area contributed by atoms with E-state index in [1.54, 1.807) is 43.3 Å². The highest BCUT2D eigenvalue weighted by Gasteiger charge is 2.25. The summed E-state index contributed by atoms with van der Waals surface area (Å²) >= 11 is 5.95. The molecule has 0 fully saturated rings. The van der Waals surface area contributed by atoms with Crippen molar-refractivity contribution in [1.29, 1.82) is 0 Å². The number of hydrogen-bond acceptors (Lipinski definition) is 3. The molecule has 0 aliphatic heterocycles. The van der Waals surface area contributed by atoms with Gasteiger partial charge in [-0.1, -0.05) is 53.6 Å². The van der Waals surface area contributed by atoms with Gasteiger partial charge in [-0.3, -0.25) is 4.79 Å². The number of nitrogens with zero attached hydrogens (tertiary/aromatic N) is 1. The first kappa shape index (κ1) is 16.6. The van der Waals surface area contributed by atoms with Crippen molar-refractivity contribution < 1.29 is 13.2 Å². The van der Waals surface area contributed by atoms with Crippen LogP contribution in [0, 0.1) is 13.8 Å². The molecule has 1 aliphatic carbocycles. The van der Waals surface area contributed by atoms with Gasteiger partial charge in [0, 0.05) is 11.1 Å². The Morgan fingerprint density at radius 1 is 1.00 bits per heavy atom. The number of aryl methyl sites for hydroxylation is 2. The van der Waals surface area contributed by atoms with Crippen LogP contribution in [0.25, 0.3) is 0 Å². The molecule has 4 nitrogen and oxygen atoms in total. The summed E-state index contributed by atoms with van der Waals surface area (Å²) in [5.74, 6) is -0.338. The number of rotatable bonds is 2.